The van der Waals surface area contributed by atoms with Crippen molar-refractivity contribution in [3.63, 3.8) is 0 Å². The summed E-state index contributed by atoms with van der Waals surface area (Å²) in [6, 6.07) is 2.25. The molecule has 88 valence electrons. The van der Waals surface area contributed by atoms with E-state index in [0.29, 0.717) is 5.92 Å². The van der Waals surface area contributed by atoms with Gasteiger partial charge in [-0.15, -0.1) is 0 Å². The van der Waals surface area contributed by atoms with E-state index in [0.717, 1.165) is 38.8 Å². The van der Waals surface area contributed by atoms with Crippen LogP contribution in [0.1, 0.15) is 45.4 Å². The highest BCUT2D eigenvalue weighted by molar-refractivity contribution is 5.86. The maximum absolute atomic E-state index is 12.2. The molecular weight excluding hydrogens is 200 g/mol. The number of likely N-dealkylation sites (tertiary alicyclic amines) is 1. The maximum atomic E-state index is 12.2. The second kappa shape index (κ2) is 4.45. The summed E-state index contributed by atoms with van der Waals surface area (Å²) in [6.07, 6.45) is 6.11. The van der Waals surface area contributed by atoms with E-state index in [-0.39, 0.29) is 5.91 Å². The number of hydrogen-bond donors (Lipinski definition) is 0. The van der Waals surface area contributed by atoms with Crippen LogP contribution < -0.4 is 0 Å². The van der Waals surface area contributed by atoms with E-state index in [1.165, 1.54) is 12.8 Å². The van der Waals surface area contributed by atoms with E-state index in [1.807, 2.05) is 4.90 Å². The minimum atomic E-state index is -0.638. The smallest absolute Gasteiger partial charge is 0.243 e. The summed E-state index contributed by atoms with van der Waals surface area (Å²) in [5.74, 6) is 0.782. The molecule has 1 amide bonds. The van der Waals surface area contributed by atoms with Crippen LogP contribution >= 0.6 is 0 Å². The average molecular weight is 220 g/mol. The van der Waals surface area contributed by atoms with Crippen LogP contribution in [0.3, 0.4) is 0 Å². The summed E-state index contributed by atoms with van der Waals surface area (Å²) in [5, 5.41) is 9.14. The van der Waals surface area contributed by atoms with Gasteiger partial charge in [0.05, 0.1) is 6.07 Å². The van der Waals surface area contributed by atoms with Gasteiger partial charge in [-0.3, -0.25) is 4.79 Å². The lowest BCUT2D eigenvalue weighted by atomic mass is 9.69. The molecule has 1 heterocycles. The quantitative estimate of drug-likeness (QED) is 0.732. The first kappa shape index (κ1) is 11.4. The second-order valence-electron chi connectivity index (χ2n) is 5.24. The van der Waals surface area contributed by atoms with Crippen molar-refractivity contribution >= 4 is 5.91 Å². The van der Waals surface area contributed by atoms with Gasteiger partial charge in [0.2, 0.25) is 5.91 Å². The largest absolute Gasteiger partial charge is 0.341 e. The number of carbonyl (C=O) groups is 1. The Morgan fingerprint density at radius 1 is 1.56 bits per heavy atom. The number of nitriles is 1. The van der Waals surface area contributed by atoms with E-state index in [1.54, 1.807) is 0 Å². The monoisotopic (exact) mass is 220 g/mol. The first-order chi connectivity index (χ1) is 7.72. The molecule has 0 spiro atoms. The lowest BCUT2D eigenvalue weighted by Crippen LogP contribution is -2.46. The molecule has 0 bridgehead atoms. The average Bonchev–Trinajstić information content (AvgIpc) is 2.66. The van der Waals surface area contributed by atoms with E-state index in [4.69, 9.17) is 5.26 Å². The van der Waals surface area contributed by atoms with Gasteiger partial charge in [-0.25, -0.2) is 0 Å². The van der Waals surface area contributed by atoms with Crippen LogP contribution in [0.5, 0.6) is 0 Å². The van der Waals surface area contributed by atoms with Gasteiger partial charge in [0.25, 0.3) is 0 Å². The molecule has 1 aliphatic carbocycles. The van der Waals surface area contributed by atoms with Crippen molar-refractivity contribution in [2.75, 3.05) is 13.1 Å². The highest BCUT2D eigenvalue weighted by atomic mass is 16.2. The third-order valence-electron chi connectivity index (χ3n) is 4.10. The van der Waals surface area contributed by atoms with E-state index < -0.39 is 5.41 Å². The molecule has 1 atom stereocenters. The molecule has 2 aliphatic rings. The van der Waals surface area contributed by atoms with Gasteiger partial charge >= 0.3 is 0 Å². The minimum absolute atomic E-state index is 0.111. The number of rotatable bonds is 3. The summed E-state index contributed by atoms with van der Waals surface area (Å²) >= 11 is 0. The van der Waals surface area contributed by atoms with E-state index >= 15 is 0 Å². The summed E-state index contributed by atoms with van der Waals surface area (Å²) in [4.78, 5) is 14.2. The molecule has 1 aliphatic heterocycles. The predicted octanol–water partition coefficient (Wildman–Crippen LogP) is 2.33. The van der Waals surface area contributed by atoms with Crippen LogP contribution in [0, 0.1) is 22.7 Å². The summed E-state index contributed by atoms with van der Waals surface area (Å²) in [6.45, 7) is 3.94. The van der Waals surface area contributed by atoms with Crippen molar-refractivity contribution in [2.24, 2.45) is 11.3 Å². The van der Waals surface area contributed by atoms with Gasteiger partial charge in [0.1, 0.15) is 5.41 Å². The summed E-state index contributed by atoms with van der Waals surface area (Å²) in [7, 11) is 0. The Kier molecular flexibility index (Phi) is 3.18. The Balaban J connectivity index is 1.94. The van der Waals surface area contributed by atoms with Gasteiger partial charge in [0.15, 0.2) is 0 Å². The first-order valence-corrected chi connectivity index (χ1v) is 6.42. The molecule has 1 saturated carbocycles. The fourth-order valence-electron chi connectivity index (χ4n) is 2.87. The van der Waals surface area contributed by atoms with Crippen LogP contribution in [0.2, 0.25) is 0 Å². The third-order valence-corrected chi connectivity index (χ3v) is 4.10. The number of nitrogens with zero attached hydrogens (tertiary/aromatic N) is 2. The Hall–Kier alpha value is -1.04. The molecular formula is C13H20N2O. The van der Waals surface area contributed by atoms with Crippen molar-refractivity contribution in [1.82, 2.24) is 4.90 Å². The fraction of sp³-hybridized carbons (Fsp3) is 0.846. The molecule has 2 fully saturated rings. The van der Waals surface area contributed by atoms with Gasteiger partial charge in [-0.2, -0.15) is 5.26 Å². The Labute approximate surface area is 97.4 Å². The predicted molar refractivity (Wildman–Crippen MR) is 61.5 cm³/mol. The van der Waals surface area contributed by atoms with E-state index in [9.17, 15) is 4.79 Å². The lowest BCUT2D eigenvalue weighted by molar-refractivity contribution is -0.141. The molecule has 16 heavy (non-hydrogen) atoms. The molecule has 0 aromatic heterocycles. The molecule has 0 aromatic carbocycles. The fourth-order valence-corrected chi connectivity index (χ4v) is 2.87. The lowest BCUT2D eigenvalue weighted by Gasteiger charge is -2.36. The number of carbonyl (C=O) groups excluding carboxylic acids is 1. The number of hydrogen-bond acceptors (Lipinski definition) is 2. The SMILES string of the molecule is CCCC1CCN(C(=O)C2(C#N)CCC2)C1. The van der Waals surface area contributed by atoms with Crippen LogP contribution in [-0.4, -0.2) is 23.9 Å². The third kappa shape index (κ3) is 1.81. The minimum Gasteiger partial charge on any atom is -0.341 e. The van der Waals surface area contributed by atoms with Gasteiger partial charge in [-0.05, 0) is 38.0 Å². The molecule has 3 nitrogen and oxygen atoms in total. The maximum Gasteiger partial charge on any atom is 0.243 e. The molecule has 0 N–H and O–H groups in total. The zero-order valence-corrected chi connectivity index (χ0v) is 10.0. The molecule has 0 aromatic rings. The highest BCUT2D eigenvalue weighted by Crippen LogP contribution is 2.42. The van der Waals surface area contributed by atoms with Crippen molar-refractivity contribution in [1.29, 1.82) is 5.26 Å². The second-order valence-corrected chi connectivity index (χ2v) is 5.24. The Morgan fingerprint density at radius 3 is 2.81 bits per heavy atom. The van der Waals surface area contributed by atoms with Crippen LogP contribution in [0.4, 0.5) is 0 Å². The Bertz CT molecular complexity index is 314. The van der Waals surface area contributed by atoms with Crippen molar-refractivity contribution in [3.05, 3.63) is 0 Å². The molecule has 1 saturated heterocycles. The van der Waals surface area contributed by atoms with Gasteiger partial charge < -0.3 is 4.90 Å². The van der Waals surface area contributed by atoms with Gasteiger partial charge in [-0.1, -0.05) is 13.3 Å². The zero-order chi connectivity index (χ0) is 11.6. The normalized spacial score (nSPS) is 27.2. The zero-order valence-electron chi connectivity index (χ0n) is 10.0. The molecule has 3 heteroatoms. The summed E-state index contributed by atoms with van der Waals surface area (Å²) < 4.78 is 0. The van der Waals surface area contributed by atoms with Crippen molar-refractivity contribution in [2.45, 2.75) is 45.4 Å². The van der Waals surface area contributed by atoms with Crippen molar-refractivity contribution in [3.8, 4) is 6.07 Å². The highest BCUT2D eigenvalue weighted by Gasteiger charge is 2.47. The number of amides is 1. The van der Waals surface area contributed by atoms with Crippen LogP contribution in [0.25, 0.3) is 0 Å². The molecule has 0 radical (unpaired) electrons. The van der Waals surface area contributed by atoms with E-state index in [2.05, 4.69) is 13.0 Å². The first-order valence-electron chi connectivity index (χ1n) is 6.42. The van der Waals surface area contributed by atoms with Gasteiger partial charge in [0, 0.05) is 13.1 Å². The van der Waals surface area contributed by atoms with Crippen LogP contribution in [0.15, 0.2) is 0 Å². The Morgan fingerprint density at radius 2 is 2.31 bits per heavy atom. The van der Waals surface area contributed by atoms with Crippen molar-refractivity contribution < 1.29 is 4.79 Å². The molecule has 1 unspecified atom stereocenters. The van der Waals surface area contributed by atoms with Crippen LogP contribution in [-0.2, 0) is 4.79 Å². The topological polar surface area (TPSA) is 44.1 Å². The summed E-state index contributed by atoms with van der Waals surface area (Å²) in [5.41, 5.74) is -0.638. The standard InChI is InChI=1S/C13H20N2O/c1-2-4-11-5-8-15(9-11)12(16)13(10-14)6-3-7-13/h11H,2-9H2,1H3. The molecule has 2 rings (SSSR count).